The van der Waals surface area contributed by atoms with Crippen LogP contribution in [-0.4, -0.2) is 143 Å². The Morgan fingerprint density at radius 3 is 0.951 bits per heavy atom. The molecule has 0 spiro atoms. The van der Waals surface area contributed by atoms with Crippen LogP contribution >= 0.6 is 0 Å². The third-order valence-electron chi connectivity index (χ3n) is 10.9. The molecule has 0 rings (SSSR count). The number of amides is 5. The molecule has 0 aliphatic heterocycles. The number of halogens is 9. The molecule has 0 bridgehead atoms. The van der Waals surface area contributed by atoms with Crippen molar-refractivity contribution in [3.05, 3.63) is 0 Å². The van der Waals surface area contributed by atoms with Crippen molar-refractivity contribution in [1.29, 1.82) is 0 Å². The van der Waals surface area contributed by atoms with E-state index in [1.54, 1.807) is 0 Å². The van der Waals surface area contributed by atoms with Crippen molar-refractivity contribution in [3.8, 4) is 0 Å². The zero-order valence-electron chi connectivity index (χ0n) is 46.3. The average molecular weight is 1210 g/mol. The number of nitrogens with two attached hydrogens (primary N) is 7. The molecule has 0 saturated heterocycles. The number of carbonyl (C=O) groups is 8. The number of primary amides is 1. The van der Waals surface area contributed by atoms with E-state index >= 15 is 0 Å². The minimum Gasteiger partial charge on any atom is -0.475 e. The van der Waals surface area contributed by atoms with Crippen LogP contribution in [0.4, 0.5) is 39.5 Å². The Morgan fingerprint density at radius 2 is 0.659 bits per heavy atom. The predicted molar refractivity (Wildman–Crippen MR) is 287 cm³/mol. The third kappa shape index (κ3) is 56.2. The number of hydrogen-bond acceptors (Lipinski definition) is 11. The quantitative estimate of drug-likeness (QED) is 0.0179. The zero-order valence-corrected chi connectivity index (χ0v) is 46.3. The van der Waals surface area contributed by atoms with Gasteiger partial charge in [0.1, 0.15) is 18.1 Å². The first kappa shape index (κ1) is 81.4. The van der Waals surface area contributed by atoms with E-state index in [9.17, 15) is 63.5 Å². The summed E-state index contributed by atoms with van der Waals surface area (Å²) >= 11 is 0. The maximum absolute atomic E-state index is 13.6. The van der Waals surface area contributed by atoms with Crippen LogP contribution in [0.5, 0.6) is 0 Å². The number of carbonyl (C=O) groups excluding carboxylic acids is 5. The Kier molecular flexibility index (Phi) is 48.3. The summed E-state index contributed by atoms with van der Waals surface area (Å²) in [7, 11) is 0. The molecule has 82 heavy (non-hydrogen) atoms. The van der Waals surface area contributed by atoms with E-state index in [2.05, 4.69) is 43.2 Å². The van der Waals surface area contributed by atoms with Crippen LogP contribution in [0.25, 0.3) is 0 Å². The van der Waals surface area contributed by atoms with Crippen molar-refractivity contribution in [2.75, 3.05) is 26.2 Å². The van der Waals surface area contributed by atoms with Crippen LogP contribution in [0.1, 0.15) is 174 Å². The van der Waals surface area contributed by atoms with Crippen molar-refractivity contribution in [1.82, 2.24) is 21.3 Å². The molecular formula is C48H87F9N14O11. The topological polar surface area (TPSA) is 465 Å². The lowest BCUT2D eigenvalue weighted by atomic mass is 10.0. The van der Waals surface area contributed by atoms with Crippen LogP contribution in [-0.2, 0) is 38.4 Å². The van der Waals surface area contributed by atoms with Gasteiger partial charge in [0.15, 0.2) is 17.9 Å². The predicted octanol–water partition coefficient (Wildman–Crippen LogP) is 3.92. The molecule has 21 N–H and O–H groups in total. The number of carboxylic acids is 3. The molecule has 0 aromatic rings. The minimum atomic E-state index is -5.08. The highest BCUT2D eigenvalue weighted by Crippen LogP contribution is 2.17. The normalized spacial score (nSPS) is 12.0. The van der Waals surface area contributed by atoms with E-state index in [4.69, 9.17) is 69.8 Å². The van der Waals surface area contributed by atoms with Crippen LogP contribution in [0, 0.1) is 0 Å². The second-order valence-electron chi connectivity index (χ2n) is 18.3. The van der Waals surface area contributed by atoms with E-state index in [-0.39, 0.29) is 69.1 Å². The molecule has 0 aliphatic carbocycles. The summed E-state index contributed by atoms with van der Waals surface area (Å²) in [6.07, 6.45) is 8.74. The number of aliphatic imine (C=N–C) groups is 3. The fourth-order valence-corrected chi connectivity index (χ4v) is 6.72. The summed E-state index contributed by atoms with van der Waals surface area (Å²) in [5.74, 6) is -11.2. The first-order valence-electron chi connectivity index (χ1n) is 26.6. The summed E-state index contributed by atoms with van der Waals surface area (Å²) in [6.45, 7) is 3.17. The van der Waals surface area contributed by atoms with E-state index in [0.29, 0.717) is 38.6 Å². The average Bonchev–Trinajstić information content (AvgIpc) is 3.36. The van der Waals surface area contributed by atoms with E-state index in [1.807, 2.05) is 0 Å². The number of aliphatic carboxylic acids is 3. The first-order valence-corrected chi connectivity index (χ1v) is 26.6. The summed E-state index contributed by atoms with van der Waals surface area (Å²) in [4.78, 5) is 103. The van der Waals surface area contributed by atoms with Gasteiger partial charge in [0.2, 0.25) is 29.5 Å². The number of hydrogen-bond donors (Lipinski definition) is 14. The van der Waals surface area contributed by atoms with Crippen LogP contribution in [0.15, 0.2) is 15.0 Å². The fraction of sp³-hybridized carbons (Fsp3) is 0.771. The number of nitrogens with one attached hydrogen (secondary N) is 4. The van der Waals surface area contributed by atoms with E-state index < -0.39 is 78.2 Å². The molecule has 0 fully saturated rings. The van der Waals surface area contributed by atoms with Gasteiger partial charge in [-0.2, -0.15) is 39.5 Å². The Bertz CT molecular complexity index is 1860. The lowest BCUT2D eigenvalue weighted by Crippen LogP contribution is -2.56. The van der Waals surface area contributed by atoms with E-state index in [1.165, 1.54) is 89.9 Å². The zero-order chi connectivity index (χ0) is 63.7. The molecule has 0 aromatic heterocycles. The van der Waals surface area contributed by atoms with Gasteiger partial charge in [0, 0.05) is 39.0 Å². The number of guanidine groups is 3. The molecule has 478 valence electrons. The van der Waals surface area contributed by atoms with Crippen LogP contribution < -0.4 is 61.4 Å². The van der Waals surface area contributed by atoms with Gasteiger partial charge in [-0.15, -0.1) is 0 Å². The van der Waals surface area contributed by atoms with Crippen molar-refractivity contribution in [2.45, 2.75) is 211 Å². The molecule has 0 heterocycles. The molecule has 0 aliphatic rings. The number of carboxylic acid groups (broad SMARTS) is 3. The molecule has 5 amide bonds. The summed E-state index contributed by atoms with van der Waals surface area (Å²) in [5, 5.41) is 32.3. The van der Waals surface area contributed by atoms with Gasteiger partial charge < -0.3 is 76.7 Å². The maximum Gasteiger partial charge on any atom is 0.490 e. The highest BCUT2D eigenvalue weighted by atomic mass is 19.4. The molecule has 0 unspecified atom stereocenters. The highest BCUT2D eigenvalue weighted by molar-refractivity contribution is 5.94. The molecule has 3 atom stereocenters. The van der Waals surface area contributed by atoms with Gasteiger partial charge in [-0.25, -0.2) is 14.4 Å². The minimum absolute atomic E-state index is 0.0464. The molecule has 0 aromatic carbocycles. The lowest BCUT2D eigenvalue weighted by molar-refractivity contribution is -0.193. The van der Waals surface area contributed by atoms with Gasteiger partial charge in [0.05, 0.1) is 0 Å². The summed E-state index contributed by atoms with van der Waals surface area (Å²) < 4.78 is 95.2. The summed E-state index contributed by atoms with van der Waals surface area (Å²) in [5.41, 5.74) is 38.0. The second-order valence-corrected chi connectivity index (χ2v) is 18.3. The van der Waals surface area contributed by atoms with Gasteiger partial charge in [-0.05, 0) is 51.4 Å². The monoisotopic (exact) mass is 1210 g/mol. The maximum atomic E-state index is 13.6. The molecule has 34 heteroatoms. The van der Waals surface area contributed by atoms with Crippen LogP contribution in [0.3, 0.4) is 0 Å². The van der Waals surface area contributed by atoms with Gasteiger partial charge in [0.25, 0.3) is 0 Å². The van der Waals surface area contributed by atoms with Crippen molar-refractivity contribution in [3.63, 3.8) is 0 Å². The Morgan fingerprint density at radius 1 is 0.390 bits per heavy atom. The van der Waals surface area contributed by atoms with Crippen molar-refractivity contribution >= 4 is 65.3 Å². The fourth-order valence-electron chi connectivity index (χ4n) is 6.72. The largest absolute Gasteiger partial charge is 0.490 e. The Balaban J connectivity index is -0.00000121. The standard InChI is InChI=1S/C42H84N14O5.3C2HF3O2/c1-2-3-4-5-6-7-8-9-10-11-12-13-14-15-16-17-18-26-35(57)50-28-22-27-36(58)54-33(24-20-30-52-41(46)47)38(60)56-34(25-21-31-53-42(48)49)39(61)55-32(37(43)59)23-19-29-51-40(44)45;3*3-2(4,5)1(6)7/h32-34H,2-31H2,1H3,(H2,43,59)(H,50,57)(H,54,58)(H,55,61)(H,56,60)(H4,44,45,51)(H4,46,47,52)(H4,48,49,53);3*(H,6,7)/t32-,33-,34-;;;/m0.../s1. The number of nitrogens with zero attached hydrogens (tertiary/aromatic N) is 3. The first-order chi connectivity index (χ1) is 38.1. The SMILES string of the molecule is CCCCCCCCCCCCCCCCCCCC(=O)NCCCC(=O)N[C@@H](CCCN=C(N)N)C(=O)N[C@@H](CCCN=C(N)N)C(=O)N[C@@H](CCCN=C(N)N)C(N)=O.O=C(O)C(F)(F)F.O=C(O)C(F)(F)F.O=C(O)C(F)(F)F. The number of alkyl halides is 9. The van der Waals surface area contributed by atoms with Gasteiger partial charge in [-0.3, -0.25) is 38.9 Å². The molecule has 0 radical (unpaired) electrons. The van der Waals surface area contributed by atoms with Crippen molar-refractivity contribution < 1.29 is 93.2 Å². The number of rotatable bonds is 40. The lowest BCUT2D eigenvalue weighted by Gasteiger charge is -2.25. The Hall–Kier alpha value is -7.06. The number of unbranched alkanes of at least 4 members (excludes halogenated alkanes) is 16. The summed E-state index contributed by atoms with van der Waals surface area (Å²) in [6, 6.07) is -3.24. The Labute approximate surface area is 470 Å². The van der Waals surface area contributed by atoms with Gasteiger partial charge in [-0.1, -0.05) is 110 Å². The van der Waals surface area contributed by atoms with Crippen LogP contribution in [0.2, 0.25) is 0 Å². The van der Waals surface area contributed by atoms with Gasteiger partial charge >= 0.3 is 36.4 Å². The van der Waals surface area contributed by atoms with E-state index in [0.717, 1.165) is 19.3 Å². The second kappa shape index (κ2) is 48.6. The molecule has 0 saturated carbocycles. The third-order valence-corrected chi connectivity index (χ3v) is 10.9. The molecular weight excluding hydrogens is 1120 g/mol. The highest BCUT2D eigenvalue weighted by Gasteiger charge is 2.39. The molecule has 25 nitrogen and oxygen atoms in total. The van der Waals surface area contributed by atoms with Crippen molar-refractivity contribution in [2.24, 2.45) is 55.1 Å². The smallest absolute Gasteiger partial charge is 0.475 e.